The zero-order chi connectivity index (χ0) is 42.3. The summed E-state index contributed by atoms with van der Waals surface area (Å²) in [4.78, 5) is 32.7. The highest BCUT2D eigenvalue weighted by molar-refractivity contribution is 5.94. The average molecular weight is 823 g/mol. The molecule has 0 bridgehead atoms. The van der Waals surface area contributed by atoms with Crippen molar-refractivity contribution in [2.75, 3.05) is 45.9 Å². The standard InChI is InChI=1S/C52H78N4O4/c1-36(2)56-31-29-55(30-32-56)28-9-33-60-40-15-13-38(14-16-40)35-54-47(58)39-11-7-10-37(34-39)22-27-53-48(59)52-23-8-12-43(52)41-17-18-45-50(5,42(41)19-26-52)24-20-44-49(3,4)46(57)21-25-51(44,45)6/h7,10-11,13-16,34,36,41-46,57H,8-9,12,17-33,35H2,1-6H3,(H,53,59)(H,54,58). The van der Waals surface area contributed by atoms with Crippen molar-refractivity contribution < 1.29 is 19.4 Å². The van der Waals surface area contributed by atoms with Crippen LogP contribution in [0.3, 0.4) is 0 Å². The number of fused-ring (bicyclic) bond motifs is 7. The third-order valence-corrected chi connectivity index (χ3v) is 18.2. The Hall–Kier alpha value is -2.94. The first-order valence-electron chi connectivity index (χ1n) is 24.3. The number of ether oxygens (including phenoxy) is 1. The van der Waals surface area contributed by atoms with Crippen LogP contribution in [-0.4, -0.2) is 84.7 Å². The second kappa shape index (κ2) is 17.7. The quantitative estimate of drug-likeness (QED) is 0.175. The molecular formula is C52H78N4O4. The Morgan fingerprint density at radius 3 is 2.33 bits per heavy atom. The molecule has 0 radical (unpaired) electrons. The van der Waals surface area contributed by atoms with Crippen molar-refractivity contribution in [3.8, 4) is 5.75 Å². The van der Waals surface area contributed by atoms with E-state index in [2.05, 4.69) is 68.0 Å². The van der Waals surface area contributed by atoms with Crippen LogP contribution in [0.25, 0.3) is 0 Å². The number of carbonyl (C=O) groups excluding carboxylic acids is 2. The minimum absolute atomic E-state index is 0.0161. The van der Waals surface area contributed by atoms with Gasteiger partial charge in [-0.05, 0) is 172 Å². The molecule has 1 heterocycles. The summed E-state index contributed by atoms with van der Waals surface area (Å²) in [5.41, 5.74) is 3.14. The molecule has 0 spiro atoms. The molecule has 8 heteroatoms. The summed E-state index contributed by atoms with van der Waals surface area (Å²) in [6, 6.07) is 16.6. The lowest BCUT2D eigenvalue weighted by Gasteiger charge is -2.69. The van der Waals surface area contributed by atoms with Gasteiger partial charge < -0.3 is 25.4 Å². The van der Waals surface area contributed by atoms with E-state index >= 15 is 0 Å². The average Bonchev–Trinajstić information content (AvgIpc) is 3.70. The van der Waals surface area contributed by atoms with Crippen LogP contribution in [0, 0.1) is 51.2 Å². The SMILES string of the molecule is CC(C)N1CCN(CCCOc2ccc(CNC(=O)c3cccc(CCNC(=O)C45CCCC4C4CCC6C(C)(CCC7C(C)(C)C(O)CCC76C)C4CC5)c3)cc2)CC1. The number of aliphatic hydroxyl groups excluding tert-OH is 1. The molecule has 5 aliphatic carbocycles. The van der Waals surface area contributed by atoms with Crippen LogP contribution in [0.4, 0.5) is 0 Å². The van der Waals surface area contributed by atoms with Gasteiger partial charge in [-0.15, -0.1) is 0 Å². The van der Waals surface area contributed by atoms with E-state index in [1.54, 1.807) is 0 Å². The van der Waals surface area contributed by atoms with Gasteiger partial charge in [0.05, 0.1) is 18.1 Å². The maximum absolute atomic E-state index is 14.3. The van der Waals surface area contributed by atoms with Gasteiger partial charge in [-0.25, -0.2) is 0 Å². The molecule has 8 rings (SSSR count). The number of rotatable bonds is 13. The second-order valence-electron chi connectivity index (χ2n) is 21.8. The summed E-state index contributed by atoms with van der Waals surface area (Å²) in [7, 11) is 0. The van der Waals surface area contributed by atoms with Gasteiger partial charge in [0.1, 0.15) is 5.75 Å². The molecule has 1 saturated heterocycles. The fraction of sp³-hybridized carbons (Fsp3) is 0.731. The molecule has 2 aromatic carbocycles. The van der Waals surface area contributed by atoms with E-state index in [0.29, 0.717) is 78.1 Å². The van der Waals surface area contributed by atoms with Gasteiger partial charge in [-0.3, -0.25) is 14.5 Å². The second-order valence-corrected chi connectivity index (χ2v) is 21.8. The third kappa shape index (κ3) is 8.32. The highest BCUT2D eigenvalue weighted by atomic mass is 16.5. The van der Waals surface area contributed by atoms with Gasteiger partial charge >= 0.3 is 0 Å². The maximum Gasteiger partial charge on any atom is 0.251 e. The molecule has 6 aliphatic rings. The fourth-order valence-electron chi connectivity index (χ4n) is 14.9. The molecule has 9 unspecified atom stereocenters. The van der Waals surface area contributed by atoms with E-state index in [4.69, 9.17) is 4.74 Å². The number of hydrogen-bond acceptors (Lipinski definition) is 6. The smallest absolute Gasteiger partial charge is 0.251 e. The minimum Gasteiger partial charge on any atom is -0.494 e. The van der Waals surface area contributed by atoms with Gasteiger partial charge in [-0.1, -0.05) is 58.4 Å². The molecule has 60 heavy (non-hydrogen) atoms. The van der Waals surface area contributed by atoms with Gasteiger partial charge in [0, 0.05) is 57.4 Å². The summed E-state index contributed by atoms with van der Waals surface area (Å²) in [5, 5.41) is 17.6. The molecule has 330 valence electrons. The van der Waals surface area contributed by atoms with Crippen LogP contribution < -0.4 is 15.4 Å². The van der Waals surface area contributed by atoms with E-state index in [0.717, 1.165) is 81.7 Å². The summed E-state index contributed by atoms with van der Waals surface area (Å²) in [6.45, 7) is 21.9. The fourth-order valence-corrected chi connectivity index (χ4v) is 14.9. The van der Waals surface area contributed by atoms with Crippen molar-refractivity contribution in [1.82, 2.24) is 20.4 Å². The van der Waals surface area contributed by atoms with Crippen LogP contribution in [0.5, 0.6) is 5.75 Å². The van der Waals surface area contributed by atoms with Crippen LogP contribution in [-0.2, 0) is 17.8 Å². The number of carbonyl (C=O) groups is 2. The predicted molar refractivity (Wildman–Crippen MR) is 241 cm³/mol. The van der Waals surface area contributed by atoms with Gasteiger partial charge in [0.25, 0.3) is 5.91 Å². The van der Waals surface area contributed by atoms with Crippen molar-refractivity contribution in [1.29, 1.82) is 0 Å². The summed E-state index contributed by atoms with van der Waals surface area (Å²) < 4.78 is 6.03. The lowest BCUT2D eigenvalue weighted by Crippen LogP contribution is -2.63. The van der Waals surface area contributed by atoms with Crippen LogP contribution in [0.15, 0.2) is 48.5 Å². The Morgan fingerprint density at radius 2 is 1.57 bits per heavy atom. The first-order chi connectivity index (χ1) is 28.7. The Labute approximate surface area is 362 Å². The van der Waals surface area contributed by atoms with E-state index in [1.807, 2.05) is 42.5 Å². The topological polar surface area (TPSA) is 94.1 Å². The monoisotopic (exact) mass is 823 g/mol. The molecular weight excluding hydrogens is 745 g/mol. The first-order valence-corrected chi connectivity index (χ1v) is 24.3. The Balaban J connectivity index is 0.790. The lowest BCUT2D eigenvalue weighted by molar-refractivity contribution is -0.214. The molecule has 0 aromatic heterocycles. The van der Waals surface area contributed by atoms with Crippen LogP contribution >= 0.6 is 0 Å². The van der Waals surface area contributed by atoms with Crippen molar-refractivity contribution in [3.63, 3.8) is 0 Å². The lowest BCUT2D eigenvalue weighted by atomic mass is 9.36. The maximum atomic E-state index is 14.3. The minimum atomic E-state index is -0.224. The van der Waals surface area contributed by atoms with E-state index < -0.39 is 0 Å². The number of piperazine rings is 1. The van der Waals surface area contributed by atoms with Crippen molar-refractivity contribution in [3.05, 3.63) is 65.2 Å². The number of nitrogens with zero attached hydrogens (tertiary/aromatic N) is 2. The van der Waals surface area contributed by atoms with E-state index in [9.17, 15) is 14.7 Å². The summed E-state index contributed by atoms with van der Waals surface area (Å²) in [6.07, 6.45) is 14.3. The van der Waals surface area contributed by atoms with Crippen molar-refractivity contribution in [2.45, 2.75) is 144 Å². The molecule has 5 saturated carbocycles. The van der Waals surface area contributed by atoms with Gasteiger partial charge in [0.2, 0.25) is 5.91 Å². The Bertz CT molecular complexity index is 1800. The highest BCUT2D eigenvalue weighted by Gasteiger charge is 2.67. The third-order valence-electron chi connectivity index (χ3n) is 18.2. The Morgan fingerprint density at radius 1 is 0.800 bits per heavy atom. The zero-order valence-electron chi connectivity index (χ0n) is 38.1. The van der Waals surface area contributed by atoms with Crippen LogP contribution in [0.2, 0.25) is 0 Å². The van der Waals surface area contributed by atoms with Crippen LogP contribution in [0.1, 0.15) is 140 Å². The molecule has 6 fully saturated rings. The summed E-state index contributed by atoms with van der Waals surface area (Å²) in [5.74, 6) is 4.21. The molecule has 2 amide bonds. The molecule has 9 atom stereocenters. The molecule has 8 nitrogen and oxygen atoms in total. The summed E-state index contributed by atoms with van der Waals surface area (Å²) >= 11 is 0. The molecule has 3 N–H and O–H groups in total. The number of aliphatic hydroxyl groups is 1. The molecule has 2 aromatic rings. The van der Waals surface area contributed by atoms with E-state index in [1.165, 1.54) is 44.9 Å². The van der Waals surface area contributed by atoms with E-state index in [-0.39, 0.29) is 28.7 Å². The Kier molecular flexibility index (Phi) is 12.9. The first kappa shape index (κ1) is 43.7. The highest BCUT2D eigenvalue weighted by Crippen LogP contribution is 2.73. The number of hydrogen-bond donors (Lipinski definition) is 3. The molecule has 1 aliphatic heterocycles. The van der Waals surface area contributed by atoms with Crippen molar-refractivity contribution >= 4 is 11.8 Å². The number of nitrogens with one attached hydrogen (secondary N) is 2. The zero-order valence-corrected chi connectivity index (χ0v) is 38.1. The van der Waals surface area contributed by atoms with Gasteiger partial charge in [-0.2, -0.15) is 0 Å². The number of benzene rings is 2. The van der Waals surface area contributed by atoms with Crippen molar-refractivity contribution in [2.24, 2.45) is 51.2 Å². The van der Waals surface area contributed by atoms with Gasteiger partial charge in [0.15, 0.2) is 0 Å². The number of amides is 2. The predicted octanol–water partition coefficient (Wildman–Crippen LogP) is 8.90. The largest absolute Gasteiger partial charge is 0.494 e. The normalized spacial score (nSPS) is 35.1.